The van der Waals surface area contributed by atoms with Gasteiger partial charge in [-0.05, 0) is 60.4 Å². The van der Waals surface area contributed by atoms with E-state index >= 15 is 0 Å². The fraction of sp³-hybridized carbons (Fsp3) is 0.182. The summed E-state index contributed by atoms with van der Waals surface area (Å²) in [7, 11) is 0. The van der Waals surface area contributed by atoms with E-state index in [1.165, 1.54) is 11.1 Å². The Morgan fingerprint density at radius 1 is 0.583 bits per heavy atom. The Bertz CT molecular complexity index is 738. The first-order valence-corrected chi connectivity index (χ1v) is 8.49. The number of hydrogen-bond donors (Lipinski definition) is 0. The molecule has 2 heteroatoms. The molecule has 0 bridgehead atoms. The number of rotatable bonds is 4. The third-order valence-corrected chi connectivity index (χ3v) is 4.05. The van der Waals surface area contributed by atoms with Crippen LogP contribution < -0.4 is 0 Å². The largest absolute Gasteiger partial charge is 0.249 e. The summed E-state index contributed by atoms with van der Waals surface area (Å²) >= 11 is 0. The van der Waals surface area contributed by atoms with E-state index in [0.717, 1.165) is 35.6 Å². The summed E-state index contributed by atoms with van der Waals surface area (Å²) in [5.41, 5.74) is 6.53. The van der Waals surface area contributed by atoms with Gasteiger partial charge in [-0.3, -0.25) is 0 Å². The van der Waals surface area contributed by atoms with E-state index in [9.17, 15) is 0 Å². The highest BCUT2D eigenvalue weighted by atomic mass is 14.8. The molecule has 0 atom stereocenters. The summed E-state index contributed by atoms with van der Waals surface area (Å²) in [6.45, 7) is 4.33. The molecule has 0 saturated heterocycles. The van der Waals surface area contributed by atoms with Gasteiger partial charge in [0.1, 0.15) is 0 Å². The molecule has 0 fully saturated rings. The number of benzene rings is 2. The molecule has 3 rings (SSSR count). The van der Waals surface area contributed by atoms with Crippen molar-refractivity contribution in [3.05, 3.63) is 84.0 Å². The first-order chi connectivity index (χ1) is 11.8. The molecule has 0 aromatic heterocycles. The molecule has 1 aliphatic carbocycles. The van der Waals surface area contributed by atoms with Gasteiger partial charge in [-0.2, -0.15) is 0 Å². The van der Waals surface area contributed by atoms with E-state index < -0.39 is 0 Å². The highest BCUT2D eigenvalue weighted by molar-refractivity contribution is 6.24. The minimum Gasteiger partial charge on any atom is -0.249 e. The maximum Gasteiger partial charge on any atom is 0.0673 e. The molecule has 0 N–H and O–H groups in total. The van der Waals surface area contributed by atoms with Crippen LogP contribution in [0, 0.1) is 0 Å². The van der Waals surface area contributed by atoms with Crippen LogP contribution in [-0.2, 0) is 0 Å². The average molecular weight is 314 g/mol. The number of aliphatic imine (C=N–C) groups is 2. The van der Waals surface area contributed by atoms with Gasteiger partial charge in [0.05, 0.1) is 22.8 Å². The lowest BCUT2D eigenvalue weighted by molar-refractivity contribution is 1.14. The third kappa shape index (κ3) is 3.77. The Morgan fingerprint density at radius 2 is 0.958 bits per heavy atom. The van der Waals surface area contributed by atoms with Crippen LogP contribution in [-0.4, -0.2) is 11.4 Å². The topological polar surface area (TPSA) is 24.7 Å². The maximum atomic E-state index is 4.83. The van der Waals surface area contributed by atoms with Crippen LogP contribution in [0.15, 0.2) is 93.9 Å². The molecule has 0 heterocycles. The predicted octanol–water partition coefficient (Wildman–Crippen LogP) is 6.22. The van der Waals surface area contributed by atoms with E-state index in [4.69, 9.17) is 9.98 Å². The summed E-state index contributed by atoms with van der Waals surface area (Å²) in [4.78, 5) is 9.65. The molecule has 2 aromatic rings. The van der Waals surface area contributed by atoms with Gasteiger partial charge < -0.3 is 0 Å². The first kappa shape index (κ1) is 16.1. The third-order valence-electron chi connectivity index (χ3n) is 4.05. The van der Waals surface area contributed by atoms with Gasteiger partial charge >= 0.3 is 0 Å². The maximum absolute atomic E-state index is 4.83. The van der Waals surface area contributed by atoms with Crippen LogP contribution in [0.3, 0.4) is 0 Å². The van der Waals surface area contributed by atoms with Crippen LogP contribution in [0.2, 0.25) is 0 Å². The second-order valence-electron chi connectivity index (χ2n) is 5.71. The lowest BCUT2D eigenvalue weighted by Crippen LogP contribution is -2.13. The zero-order valence-electron chi connectivity index (χ0n) is 14.2. The lowest BCUT2D eigenvalue weighted by Gasteiger charge is -2.16. The Labute approximate surface area is 144 Å². The SMILES string of the molecule is CCC1=CC(=Nc2ccccc2)C(CC)=CC1=Nc1ccccc1. The molecule has 0 aliphatic heterocycles. The van der Waals surface area contributed by atoms with E-state index in [1.807, 2.05) is 60.7 Å². The molecule has 0 radical (unpaired) electrons. The first-order valence-electron chi connectivity index (χ1n) is 8.49. The quantitative estimate of drug-likeness (QED) is 0.599. The normalized spacial score (nSPS) is 17.8. The van der Waals surface area contributed by atoms with Gasteiger partial charge in [0.15, 0.2) is 0 Å². The van der Waals surface area contributed by atoms with Crippen LogP contribution in [0.4, 0.5) is 11.4 Å². The summed E-state index contributed by atoms with van der Waals surface area (Å²) in [5, 5.41) is 0. The minimum absolute atomic E-state index is 0.937. The van der Waals surface area contributed by atoms with Crippen molar-refractivity contribution in [2.24, 2.45) is 9.98 Å². The molecule has 0 amide bonds. The monoisotopic (exact) mass is 314 g/mol. The van der Waals surface area contributed by atoms with Crippen LogP contribution >= 0.6 is 0 Å². The molecule has 0 saturated carbocycles. The smallest absolute Gasteiger partial charge is 0.0673 e. The molecular formula is C22H22N2. The van der Waals surface area contributed by atoms with Crippen LogP contribution in [0.25, 0.3) is 0 Å². The highest BCUT2D eigenvalue weighted by Crippen LogP contribution is 2.24. The Morgan fingerprint density at radius 3 is 1.29 bits per heavy atom. The lowest BCUT2D eigenvalue weighted by atomic mass is 9.92. The predicted molar refractivity (Wildman–Crippen MR) is 104 cm³/mol. The Kier molecular flexibility index (Phi) is 5.17. The minimum atomic E-state index is 0.937. The molecular weight excluding hydrogens is 292 g/mol. The molecule has 120 valence electrons. The second kappa shape index (κ2) is 7.69. The zero-order chi connectivity index (χ0) is 16.8. The van der Waals surface area contributed by atoms with Gasteiger partial charge in [0.2, 0.25) is 0 Å². The van der Waals surface area contributed by atoms with Crippen LogP contribution in [0.5, 0.6) is 0 Å². The summed E-state index contributed by atoms with van der Waals surface area (Å²) in [6.07, 6.45) is 6.25. The Balaban J connectivity index is 2.01. The van der Waals surface area contributed by atoms with Gasteiger partial charge in [-0.15, -0.1) is 0 Å². The summed E-state index contributed by atoms with van der Waals surface area (Å²) in [6, 6.07) is 20.2. The number of nitrogens with zero attached hydrogens (tertiary/aromatic N) is 2. The molecule has 1 aliphatic rings. The summed E-state index contributed by atoms with van der Waals surface area (Å²) < 4.78 is 0. The van der Waals surface area contributed by atoms with E-state index in [2.05, 4.69) is 26.0 Å². The molecule has 2 nitrogen and oxygen atoms in total. The van der Waals surface area contributed by atoms with Crippen molar-refractivity contribution >= 4 is 22.8 Å². The average Bonchev–Trinajstić information content (AvgIpc) is 2.64. The van der Waals surface area contributed by atoms with Gasteiger partial charge in [0, 0.05) is 0 Å². The molecule has 0 spiro atoms. The van der Waals surface area contributed by atoms with Gasteiger partial charge in [-0.1, -0.05) is 50.2 Å². The molecule has 24 heavy (non-hydrogen) atoms. The zero-order valence-corrected chi connectivity index (χ0v) is 14.2. The van der Waals surface area contributed by atoms with Crippen LogP contribution in [0.1, 0.15) is 26.7 Å². The number of allylic oxidation sites excluding steroid dienone is 4. The van der Waals surface area contributed by atoms with Crippen molar-refractivity contribution in [1.29, 1.82) is 0 Å². The second-order valence-corrected chi connectivity index (χ2v) is 5.71. The Hall–Kier alpha value is -2.74. The van der Waals surface area contributed by atoms with Crippen molar-refractivity contribution < 1.29 is 0 Å². The number of para-hydroxylation sites is 2. The van der Waals surface area contributed by atoms with E-state index in [0.29, 0.717) is 0 Å². The van der Waals surface area contributed by atoms with E-state index in [-0.39, 0.29) is 0 Å². The van der Waals surface area contributed by atoms with Gasteiger partial charge in [-0.25, -0.2) is 9.98 Å². The van der Waals surface area contributed by atoms with Crippen molar-refractivity contribution in [2.75, 3.05) is 0 Å². The van der Waals surface area contributed by atoms with Crippen molar-refractivity contribution in [1.82, 2.24) is 0 Å². The van der Waals surface area contributed by atoms with Crippen molar-refractivity contribution in [3.63, 3.8) is 0 Å². The van der Waals surface area contributed by atoms with Crippen molar-refractivity contribution in [2.45, 2.75) is 26.7 Å². The highest BCUT2D eigenvalue weighted by Gasteiger charge is 2.15. The standard InChI is InChI=1S/C22H22N2/c1-3-17-15-22(24-20-13-9-6-10-14-20)18(4-2)16-21(17)23-19-11-7-5-8-12-19/h5-16H,3-4H2,1-2H3. The number of hydrogen-bond acceptors (Lipinski definition) is 2. The summed E-state index contributed by atoms with van der Waals surface area (Å²) in [5.74, 6) is 0. The fourth-order valence-electron chi connectivity index (χ4n) is 2.72. The van der Waals surface area contributed by atoms with Gasteiger partial charge in [0.25, 0.3) is 0 Å². The molecule has 2 aromatic carbocycles. The van der Waals surface area contributed by atoms with Crippen molar-refractivity contribution in [3.8, 4) is 0 Å². The molecule has 0 unspecified atom stereocenters. The van der Waals surface area contributed by atoms with E-state index in [1.54, 1.807) is 0 Å². The fourth-order valence-corrected chi connectivity index (χ4v) is 2.72.